The molecular formula is C40H51NO10. The second-order valence-electron chi connectivity index (χ2n) is 14.8. The standard InChI is InChI=1S/C40H51NO10/c1-23-17-18-39(50-27(23)5)21-31-20-30(51-39)16-15-25(3)35(49-38(44)33(41-46-6)28-12-8-7-9-13-28)24(2)11-10-14-29-22-47-36-34(42)26(4)19-32(37(43)48-31)40(29,36)45/h7-15,19,23-24,27,30-32,34-36,42,45H,16-18,20-22H2,1-6H3/t23-,24-,27+,30+,31?,32-,34+,35?,36+,39-,40+/m0/s1. The van der Waals surface area contributed by atoms with Crippen LogP contribution in [0.3, 0.4) is 0 Å². The fourth-order valence-corrected chi connectivity index (χ4v) is 8.06. The van der Waals surface area contributed by atoms with Crippen LogP contribution in [0.25, 0.3) is 0 Å². The van der Waals surface area contributed by atoms with Gasteiger partial charge in [-0.25, -0.2) is 4.79 Å². The van der Waals surface area contributed by atoms with E-state index in [0.717, 1.165) is 12.0 Å². The van der Waals surface area contributed by atoms with Crippen LogP contribution < -0.4 is 0 Å². The number of esters is 2. The minimum atomic E-state index is -1.84. The molecule has 1 aliphatic carbocycles. The van der Waals surface area contributed by atoms with E-state index in [-0.39, 0.29) is 30.4 Å². The smallest absolute Gasteiger partial charge is 0.361 e. The van der Waals surface area contributed by atoms with Gasteiger partial charge in [0.15, 0.2) is 11.5 Å². The Morgan fingerprint density at radius 2 is 1.82 bits per heavy atom. The molecule has 0 radical (unpaired) electrons. The largest absolute Gasteiger partial charge is 0.462 e. The van der Waals surface area contributed by atoms with Gasteiger partial charge in [0.2, 0.25) is 0 Å². The van der Waals surface area contributed by atoms with Gasteiger partial charge in [-0.2, -0.15) is 0 Å². The highest BCUT2D eigenvalue weighted by Crippen LogP contribution is 2.47. The van der Waals surface area contributed by atoms with E-state index in [2.05, 4.69) is 12.1 Å². The van der Waals surface area contributed by atoms with E-state index in [4.69, 9.17) is 28.5 Å². The third-order valence-corrected chi connectivity index (χ3v) is 11.2. The number of allylic oxidation sites excluding steroid dienone is 2. The van der Waals surface area contributed by atoms with Crippen molar-refractivity contribution >= 4 is 17.7 Å². The third-order valence-electron chi connectivity index (χ3n) is 11.2. The lowest BCUT2D eigenvalue weighted by atomic mass is 9.71. The number of aliphatic hydroxyl groups excluding tert-OH is 1. The fraction of sp³-hybridized carbons (Fsp3) is 0.575. The van der Waals surface area contributed by atoms with Crippen LogP contribution in [0.1, 0.15) is 72.3 Å². The predicted octanol–water partition coefficient (Wildman–Crippen LogP) is 5.11. The number of carbonyl (C=O) groups is 2. The Kier molecular flexibility index (Phi) is 11.0. The van der Waals surface area contributed by atoms with Gasteiger partial charge in [0.1, 0.15) is 43.0 Å². The number of hydrogen-bond donors (Lipinski definition) is 2. The van der Waals surface area contributed by atoms with Crippen molar-refractivity contribution in [3.63, 3.8) is 0 Å². The molecule has 5 aliphatic rings. The number of aliphatic hydroxyl groups is 2. The van der Waals surface area contributed by atoms with E-state index >= 15 is 0 Å². The predicted molar refractivity (Wildman–Crippen MR) is 188 cm³/mol. The first-order valence-corrected chi connectivity index (χ1v) is 18.0. The Labute approximate surface area is 299 Å². The maximum atomic E-state index is 14.1. The summed E-state index contributed by atoms with van der Waals surface area (Å²) in [4.78, 5) is 32.8. The number of benzene rings is 1. The first-order chi connectivity index (χ1) is 24.3. The van der Waals surface area contributed by atoms with Crippen molar-refractivity contribution in [1.29, 1.82) is 0 Å². The zero-order valence-corrected chi connectivity index (χ0v) is 30.3. The normalized spacial score (nSPS) is 38.9. The molecule has 6 rings (SSSR count). The number of fused-ring (bicyclic) bond motifs is 2. The van der Waals surface area contributed by atoms with Gasteiger partial charge in [-0.15, -0.1) is 0 Å². The van der Waals surface area contributed by atoms with Gasteiger partial charge in [-0.3, -0.25) is 4.79 Å². The Balaban J connectivity index is 1.39. The Morgan fingerprint density at radius 3 is 2.55 bits per heavy atom. The summed E-state index contributed by atoms with van der Waals surface area (Å²) in [6.07, 6.45) is 7.89. The Hall–Kier alpha value is -3.61. The highest BCUT2D eigenvalue weighted by atomic mass is 16.7. The van der Waals surface area contributed by atoms with Gasteiger partial charge in [-0.05, 0) is 56.3 Å². The molecule has 11 heteroatoms. The van der Waals surface area contributed by atoms with Gasteiger partial charge in [0, 0.05) is 30.7 Å². The molecule has 4 heterocycles. The summed E-state index contributed by atoms with van der Waals surface area (Å²) in [6.45, 7) is 9.77. The molecule has 4 aliphatic heterocycles. The lowest BCUT2D eigenvalue weighted by Gasteiger charge is -2.49. The summed E-state index contributed by atoms with van der Waals surface area (Å²) in [6, 6.07) is 8.99. The molecule has 2 bridgehead atoms. The molecule has 276 valence electrons. The van der Waals surface area contributed by atoms with Gasteiger partial charge < -0.3 is 38.7 Å². The van der Waals surface area contributed by atoms with Crippen LogP contribution in [-0.4, -0.2) is 89.6 Å². The molecule has 2 N–H and O–H groups in total. The van der Waals surface area contributed by atoms with Gasteiger partial charge in [-0.1, -0.05) is 79.7 Å². The molecular weight excluding hydrogens is 654 g/mol. The molecule has 3 fully saturated rings. The van der Waals surface area contributed by atoms with E-state index in [0.29, 0.717) is 48.3 Å². The summed E-state index contributed by atoms with van der Waals surface area (Å²) in [5.74, 6) is -3.26. The number of rotatable bonds is 4. The van der Waals surface area contributed by atoms with Crippen molar-refractivity contribution in [3.05, 3.63) is 83.0 Å². The molecule has 11 nitrogen and oxygen atoms in total. The number of hydrogen-bond acceptors (Lipinski definition) is 11. The van der Waals surface area contributed by atoms with E-state index in [9.17, 15) is 19.8 Å². The molecule has 11 atom stereocenters. The molecule has 1 spiro atoms. The summed E-state index contributed by atoms with van der Waals surface area (Å²) in [7, 11) is 1.38. The maximum absolute atomic E-state index is 14.1. The summed E-state index contributed by atoms with van der Waals surface area (Å²) < 4.78 is 31.7. The molecule has 3 saturated heterocycles. The van der Waals surface area contributed by atoms with Crippen molar-refractivity contribution < 1.29 is 48.3 Å². The average molecular weight is 706 g/mol. The third kappa shape index (κ3) is 7.50. The minimum absolute atomic E-state index is 0.0134. The van der Waals surface area contributed by atoms with Gasteiger partial charge in [0.05, 0.1) is 18.8 Å². The van der Waals surface area contributed by atoms with Crippen LogP contribution in [0.5, 0.6) is 0 Å². The van der Waals surface area contributed by atoms with Crippen molar-refractivity contribution in [1.82, 2.24) is 0 Å². The van der Waals surface area contributed by atoms with Crippen LogP contribution in [-0.2, 0) is 38.1 Å². The molecule has 0 aromatic heterocycles. The zero-order chi connectivity index (χ0) is 36.5. The minimum Gasteiger partial charge on any atom is -0.462 e. The van der Waals surface area contributed by atoms with Crippen molar-refractivity contribution in [2.75, 3.05) is 13.7 Å². The highest BCUT2D eigenvalue weighted by Gasteiger charge is 2.60. The number of ether oxygens (including phenoxy) is 5. The summed E-state index contributed by atoms with van der Waals surface area (Å²) in [5, 5.41) is 27.3. The molecule has 1 aromatic rings. The monoisotopic (exact) mass is 705 g/mol. The van der Waals surface area contributed by atoms with Crippen LogP contribution in [0.2, 0.25) is 0 Å². The SMILES string of the molecule is CON=C(C(=O)OC1C(C)=CC[C@@H]2CC(C[C@]3(CC[C@H](C)[C@@H](C)O3)O2)OC(=O)[C@@H]2C=C(C)[C@@H](O)[C@H]3OCC(=CC=C[C@@H]1C)[C@]32O)c1ccccc1. The molecule has 0 amide bonds. The first-order valence-electron chi connectivity index (χ1n) is 18.0. The lowest BCUT2D eigenvalue weighted by molar-refractivity contribution is -0.332. The van der Waals surface area contributed by atoms with E-state index in [1.165, 1.54) is 7.11 Å². The van der Waals surface area contributed by atoms with E-state index in [1.807, 2.05) is 39.0 Å². The van der Waals surface area contributed by atoms with Crippen molar-refractivity contribution in [3.8, 4) is 0 Å². The molecule has 2 unspecified atom stereocenters. The van der Waals surface area contributed by atoms with Gasteiger partial charge >= 0.3 is 11.9 Å². The van der Waals surface area contributed by atoms with Crippen LogP contribution in [0, 0.1) is 17.8 Å². The molecule has 51 heavy (non-hydrogen) atoms. The van der Waals surface area contributed by atoms with Crippen LogP contribution in [0.15, 0.2) is 82.6 Å². The molecule has 0 saturated carbocycles. The van der Waals surface area contributed by atoms with Crippen molar-refractivity contribution in [2.24, 2.45) is 22.9 Å². The number of oxime groups is 1. The van der Waals surface area contributed by atoms with E-state index < -0.39 is 53.7 Å². The topological polar surface area (TPSA) is 142 Å². The average Bonchev–Trinajstić information content (AvgIpc) is 3.44. The quantitative estimate of drug-likeness (QED) is 0.188. The zero-order valence-electron chi connectivity index (χ0n) is 30.3. The first kappa shape index (κ1) is 37.2. The summed E-state index contributed by atoms with van der Waals surface area (Å²) >= 11 is 0. The fourth-order valence-electron chi connectivity index (χ4n) is 8.06. The van der Waals surface area contributed by atoms with Crippen LogP contribution in [0.4, 0.5) is 0 Å². The second kappa shape index (κ2) is 15.2. The Bertz CT molecular complexity index is 1620. The lowest BCUT2D eigenvalue weighted by Crippen LogP contribution is -2.58. The number of nitrogens with zero attached hydrogens (tertiary/aromatic N) is 1. The van der Waals surface area contributed by atoms with Crippen molar-refractivity contribution in [2.45, 2.75) is 115 Å². The van der Waals surface area contributed by atoms with Gasteiger partial charge in [0.25, 0.3) is 0 Å². The van der Waals surface area contributed by atoms with Crippen LogP contribution >= 0.6 is 0 Å². The maximum Gasteiger partial charge on any atom is 0.361 e. The second-order valence-corrected chi connectivity index (χ2v) is 14.8. The Morgan fingerprint density at radius 1 is 1.06 bits per heavy atom. The highest BCUT2D eigenvalue weighted by molar-refractivity contribution is 6.43. The number of carbonyl (C=O) groups excluding carboxylic acids is 2. The molecule has 1 aromatic carbocycles. The summed E-state index contributed by atoms with van der Waals surface area (Å²) in [5.41, 5.74) is 0.527. The van der Waals surface area contributed by atoms with E-state index in [1.54, 1.807) is 49.4 Å².